The predicted molar refractivity (Wildman–Crippen MR) is 133 cm³/mol. The number of aromatic nitrogens is 2. The van der Waals surface area contributed by atoms with E-state index in [2.05, 4.69) is 39.5 Å². The summed E-state index contributed by atoms with van der Waals surface area (Å²) in [6, 6.07) is 15.3. The van der Waals surface area contributed by atoms with Gasteiger partial charge >= 0.3 is 0 Å². The maximum absolute atomic E-state index is 12.4. The second-order valence-corrected chi connectivity index (χ2v) is 11.1. The number of nitrogens with zero attached hydrogens (tertiary/aromatic N) is 3. The van der Waals surface area contributed by atoms with Crippen LogP contribution in [0.4, 0.5) is 11.5 Å². The lowest BCUT2D eigenvalue weighted by Gasteiger charge is -2.31. The van der Waals surface area contributed by atoms with Crippen LogP contribution in [0.1, 0.15) is 25.1 Å². The zero-order chi connectivity index (χ0) is 23.4. The van der Waals surface area contributed by atoms with Crippen molar-refractivity contribution in [2.75, 3.05) is 36.8 Å². The first-order chi connectivity index (χ1) is 15.9. The molecule has 1 aliphatic heterocycles. The third-order valence-corrected chi connectivity index (χ3v) is 8.23. The van der Waals surface area contributed by atoms with Crippen LogP contribution < -0.4 is 16.0 Å². The number of hydrogen-bond donors (Lipinski definition) is 2. The highest BCUT2D eigenvalue weighted by molar-refractivity contribution is 7.92. The van der Waals surface area contributed by atoms with E-state index in [-0.39, 0.29) is 0 Å². The van der Waals surface area contributed by atoms with Gasteiger partial charge in [-0.1, -0.05) is 30.3 Å². The number of sulfone groups is 1. The summed E-state index contributed by atoms with van der Waals surface area (Å²) in [4.78, 5) is 11.9. The Balaban J connectivity index is 1.53. The molecule has 2 aromatic carbocycles. The van der Waals surface area contributed by atoms with Gasteiger partial charge in [0.2, 0.25) is 0 Å². The standard InChI is InChI=1S/C25H31N5O2S/c1-18(2)33(31,32)21-10-7-19(8-11-21)23-17-28-25(26)22(29-23)12-9-20-5-3-4-6-24(20)30-15-13-27-14-16-30/h3-8,10-11,17-18,27H,9,12-16H2,1-2H3,(H2,26,28). The number of anilines is 2. The molecular weight excluding hydrogens is 434 g/mol. The van der Waals surface area contributed by atoms with Gasteiger partial charge in [-0.2, -0.15) is 0 Å². The number of nitrogens with two attached hydrogens (primary N) is 1. The Kier molecular flexibility index (Phi) is 6.95. The Labute approximate surface area is 196 Å². The van der Waals surface area contributed by atoms with Gasteiger partial charge in [0, 0.05) is 37.4 Å². The number of rotatable bonds is 7. The van der Waals surface area contributed by atoms with Crippen LogP contribution in [-0.2, 0) is 22.7 Å². The largest absolute Gasteiger partial charge is 0.382 e. The third kappa shape index (κ3) is 5.17. The average Bonchev–Trinajstić information content (AvgIpc) is 2.84. The van der Waals surface area contributed by atoms with E-state index < -0.39 is 15.1 Å². The number of aryl methyl sites for hydroxylation is 2. The number of nitrogens with one attached hydrogen (secondary N) is 1. The van der Waals surface area contributed by atoms with Gasteiger partial charge in [-0.05, 0) is 50.5 Å². The fourth-order valence-corrected chi connectivity index (χ4v) is 5.10. The van der Waals surface area contributed by atoms with Crippen LogP contribution in [-0.4, -0.2) is 49.8 Å². The maximum Gasteiger partial charge on any atom is 0.180 e. The first kappa shape index (κ1) is 23.2. The summed E-state index contributed by atoms with van der Waals surface area (Å²) in [6.07, 6.45) is 3.13. The van der Waals surface area contributed by atoms with Crippen LogP contribution in [0, 0.1) is 0 Å². The molecule has 0 atom stereocenters. The summed E-state index contributed by atoms with van der Waals surface area (Å²) in [5, 5.41) is 2.94. The van der Waals surface area contributed by atoms with Crippen molar-refractivity contribution in [2.45, 2.75) is 36.8 Å². The summed E-state index contributed by atoms with van der Waals surface area (Å²) >= 11 is 0. The Bertz CT molecular complexity index is 1200. The number of para-hydroxylation sites is 1. The molecule has 174 valence electrons. The lowest BCUT2D eigenvalue weighted by molar-refractivity contribution is 0.587. The van der Waals surface area contributed by atoms with Gasteiger partial charge in [0.25, 0.3) is 0 Å². The molecule has 0 spiro atoms. The molecule has 2 heterocycles. The topological polar surface area (TPSA) is 101 Å². The second kappa shape index (κ2) is 9.89. The van der Waals surface area contributed by atoms with E-state index >= 15 is 0 Å². The maximum atomic E-state index is 12.4. The second-order valence-electron chi connectivity index (χ2n) is 8.57. The molecule has 7 nitrogen and oxygen atoms in total. The summed E-state index contributed by atoms with van der Waals surface area (Å²) < 4.78 is 24.8. The number of hydrogen-bond acceptors (Lipinski definition) is 7. The van der Waals surface area contributed by atoms with Crippen LogP contribution in [0.5, 0.6) is 0 Å². The zero-order valence-electron chi connectivity index (χ0n) is 19.2. The molecule has 8 heteroatoms. The van der Waals surface area contributed by atoms with Crippen molar-refractivity contribution in [3.8, 4) is 11.3 Å². The van der Waals surface area contributed by atoms with Crippen molar-refractivity contribution in [1.82, 2.24) is 15.3 Å². The van der Waals surface area contributed by atoms with Crippen LogP contribution in [0.3, 0.4) is 0 Å². The Morgan fingerprint density at radius 3 is 2.42 bits per heavy atom. The van der Waals surface area contributed by atoms with Gasteiger partial charge in [-0.25, -0.2) is 18.4 Å². The minimum atomic E-state index is -3.31. The number of nitrogen functional groups attached to an aromatic ring is 1. The van der Waals surface area contributed by atoms with Crippen LogP contribution >= 0.6 is 0 Å². The molecule has 0 aliphatic carbocycles. The van der Waals surface area contributed by atoms with Gasteiger partial charge in [0.05, 0.1) is 27.7 Å². The molecule has 0 amide bonds. The van der Waals surface area contributed by atoms with Gasteiger partial charge in [0.1, 0.15) is 5.82 Å². The molecule has 1 saturated heterocycles. The minimum absolute atomic E-state index is 0.314. The molecule has 1 aromatic heterocycles. The molecule has 4 rings (SSSR count). The summed E-state index contributed by atoms with van der Waals surface area (Å²) in [5.41, 5.74) is 10.9. The van der Waals surface area contributed by atoms with Crippen molar-refractivity contribution in [3.05, 3.63) is 66.0 Å². The predicted octanol–water partition coefficient (Wildman–Crippen LogP) is 3.10. The van der Waals surface area contributed by atoms with E-state index in [1.807, 2.05) is 0 Å². The van der Waals surface area contributed by atoms with E-state index in [1.165, 1.54) is 11.3 Å². The lowest BCUT2D eigenvalue weighted by Crippen LogP contribution is -2.43. The SMILES string of the molecule is CC(C)S(=O)(=O)c1ccc(-c2cnc(N)c(CCc3ccccc3N3CCNCC3)n2)cc1. The molecule has 0 saturated carbocycles. The average molecular weight is 466 g/mol. The minimum Gasteiger partial charge on any atom is -0.382 e. The first-order valence-corrected chi connectivity index (χ1v) is 12.9. The van der Waals surface area contributed by atoms with Gasteiger partial charge in [0.15, 0.2) is 9.84 Å². The highest BCUT2D eigenvalue weighted by Gasteiger charge is 2.19. The van der Waals surface area contributed by atoms with Crippen molar-refractivity contribution in [3.63, 3.8) is 0 Å². The fourth-order valence-electron chi connectivity index (χ4n) is 4.04. The molecule has 0 bridgehead atoms. The van der Waals surface area contributed by atoms with E-state index in [0.717, 1.165) is 43.9 Å². The summed E-state index contributed by atoms with van der Waals surface area (Å²) in [6.45, 7) is 7.34. The quantitative estimate of drug-likeness (QED) is 0.553. The highest BCUT2D eigenvalue weighted by atomic mass is 32.2. The molecule has 3 aromatic rings. The number of benzene rings is 2. The molecule has 1 aliphatic rings. The number of piperazine rings is 1. The van der Waals surface area contributed by atoms with E-state index in [9.17, 15) is 8.42 Å². The normalized spacial score (nSPS) is 14.6. The fraction of sp³-hybridized carbons (Fsp3) is 0.360. The van der Waals surface area contributed by atoms with Crippen LogP contribution in [0.2, 0.25) is 0 Å². The Morgan fingerprint density at radius 1 is 1.03 bits per heavy atom. The van der Waals surface area contributed by atoms with E-state index in [1.54, 1.807) is 44.3 Å². The van der Waals surface area contributed by atoms with Crippen LogP contribution in [0.25, 0.3) is 11.3 Å². The Hall–Kier alpha value is -2.97. The highest BCUT2D eigenvalue weighted by Crippen LogP contribution is 2.25. The molecule has 1 fully saturated rings. The van der Waals surface area contributed by atoms with Crippen molar-refractivity contribution in [1.29, 1.82) is 0 Å². The van der Waals surface area contributed by atoms with Crippen molar-refractivity contribution >= 4 is 21.3 Å². The van der Waals surface area contributed by atoms with Gasteiger partial charge in [-0.3, -0.25) is 0 Å². The monoisotopic (exact) mass is 465 g/mol. The smallest absolute Gasteiger partial charge is 0.180 e. The molecular formula is C25H31N5O2S. The molecule has 0 radical (unpaired) electrons. The van der Waals surface area contributed by atoms with E-state index in [4.69, 9.17) is 10.7 Å². The lowest BCUT2D eigenvalue weighted by atomic mass is 10.0. The third-order valence-electron chi connectivity index (χ3n) is 6.06. The first-order valence-electron chi connectivity index (χ1n) is 11.4. The Morgan fingerprint density at radius 2 is 1.73 bits per heavy atom. The van der Waals surface area contributed by atoms with Gasteiger partial charge in [-0.15, -0.1) is 0 Å². The zero-order valence-corrected chi connectivity index (χ0v) is 20.0. The molecule has 33 heavy (non-hydrogen) atoms. The molecule has 0 unspecified atom stereocenters. The molecule has 3 N–H and O–H groups in total. The van der Waals surface area contributed by atoms with Crippen molar-refractivity contribution in [2.24, 2.45) is 0 Å². The van der Waals surface area contributed by atoms with Crippen LogP contribution in [0.15, 0.2) is 59.6 Å². The summed E-state index contributed by atoms with van der Waals surface area (Å²) in [7, 11) is -3.31. The van der Waals surface area contributed by atoms with E-state index in [0.29, 0.717) is 22.8 Å². The van der Waals surface area contributed by atoms with Gasteiger partial charge < -0.3 is 16.0 Å². The summed E-state index contributed by atoms with van der Waals surface area (Å²) in [5.74, 6) is 0.428. The van der Waals surface area contributed by atoms with Crippen molar-refractivity contribution < 1.29 is 8.42 Å².